The van der Waals surface area contributed by atoms with Crippen molar-refractivity contribution in [2.45, 2.75) is 32.4 Å². The maximum Gasteiger partial charge on any atom is 0.244 e. The van der Waals surface area contributed by atoms with Gasteiger partial charge in [0.1, 0.15) is 6.54 Å². The second kappa shape index (κ2) is 3.92. The van der Waals surface area contributed by atoms with Crippen molar-refractivity contribution in [3.63, 3.8) is 0 Å². The summed E-state index contributed by atoms with van der Waals surface area (Å²) < 4.78 is 1.59. The van der Waals surface area contributed by atoms with Crippen LogP contribution in [0.15, 0.2) is 12.4 Å². The normalized spacial score (nSPS) is 15.3. The summed E-state index contributed by atoms with van der Waals surface area (Å²) >= 11 is 0. The van der Waals surface area contributed by atoms with Gasteiger partial charge in [0.05, 0.1) is 11.9 Å². The van der Waals surface area contributed by atoms with Crippen molar-refractivity contribution in [1.29, 1.82) is 0 Å². The van der Waals surface area contributed by atoms with Crippen molar-refractivity contribution in [2.24, 2.45) is 0 Å². The quantitative estimate of drug-likeness (QED) is 0.782. The summed E-state index contributed by atoms with van der Waals surface area (Å²) in [5.74, 6) is 0.128. The number of hydrogen-bond donors (Lipinski definition) is 1. The van der Waals surface area contributed by atoms with Crippen LogP contribution in [-0.4, -0.2) is 33.2 Å². The van der Waals surface area contributed by atoms with E-state index in [0.29, 0.717) is 18.3 Å². The van der Waals surface area contributed by atoms with E-state index >= 15 is 0 Å². The first-order valence-corrected chi connectivity index (χ1v) is 5.28. The molecule has 0 radical (unpaired) electrons. The molecule has 0 spiro atoms. The van der Waals surface area contributed by atoms with Crippen LogP contribution in [0.2, 0.25) is 0 Å². The van der Waals surface area contributed by atoms with Crippen molar-refractivity contribution < 1.29 is 4.79 Å². The molecule has 0 saturated heterocycles. The van der Waals surface area contributed by atoms with E-state index in [9.17, 15) is 4.79 Å². The summed E-state index contributed by atoms with van der Waals surface area (Å²) in [6.45, 7) is 3.08. The number of hydrogen-bond acceptors (Lipinski definition) is 3. The van der Waals surface area contributed by atoms with Gasteiger partial charge in [-0.1, -0.05) is 0 Å². The van der Waals surface area contributed by atoms with E-state index in [-0.39, 0.29) is 5.91 Å². The van der Waals surface area contributed by atoms with E-state index in [0.717, 1.165) is 19.4 Å². The van der Waals surface area contributed by atoms with Gasteiger partial charge in [0.2, 0.25) is 5.91 Å². The molecule has 0 bridgehead atoms. The van der Waals surface area contributed by atoms with E-state index in [1.54, 1.807) is 17.1 Å². The van der Waals surface area contributed by atoms with Gasteiger partial charge in [0.25, 0.3) is 0 Å². The predicted octanol–water partition coefficient (Wildman–Crippen LogP) is 0.476. The average molecular weight is 208 g/mol. The van der Waals surface area contributed by atoms with Crippen molar-refractivity contribution >= 4 is 11.6 Å². The monoisotopic (exact) mass is 208 g/mol. The second-order valence-electron chi connectivity index (χ2n) is 3.88. The van der Waals surface area contributed by atoms with Crippen LogP contribution in [0.25, 0.3) is 0 Å². The van der Waals surface area contributed by atoms with Crippen LogP contribution in [0, 0.1) is 0 Å². The smallest absolute Gasteiger partial charge is 0.244 e. The Kier molecular flexibility index (Phi) is 2.62. The molecule has 0 atom stereocenters. The van der Waals surface area contributed by atoms with Crippen LogP contribution in [0.3, 0.4) is 0 Å². The van der Waals surface area contributed by atoms with E-state index in [2.05, 4.69) is 5.10 Å². The summed E-state index contributed by atoms with van der Waals surface area (Å²) in [6, 6.07) is 0.468. The number of nitrogen functional groups attached to an aromatic ring is 1. The number of likely N-dealkylation sites (N-methyl/N-ethyl adjacent to an activating group) is 1. The minimum Gasteiger partial charge on any atom is -0.396 e. The number of nitrogens with two attached hydrogens (primary N) is 1. The summed E-state index contributed by atoms with van der Waals surface area (Å²) in [5, 5.41) is 4.00. The maximum absolute atomic E-state index is 11.9. The molecule has 2 rings (SSSR count). The van der Waals surface area contributed by atoms with Crippen molar-refractivity contribution in [1.82, 2.24) is 14.7 Å². The maximum atomic E-state index is 11.9. The highest BCUT2D eigenvalue weighted by Crippen LogP contribution is 2.26. The number of aromatic nitrogens is 2. The largest absolute Gasteiger partial charge is 0.396 e. The Morgan fingerprint density at radius 3 is 2.93 bits per heavy atom. The summed E-state index contributed by atoms with van der Waals surface area (Å²) in [5.41, 5.74) is 6.12. The van der Waals surface area contributed by atoms with Crippen molar-refractivity contribution in [3.8, 4) is 0 Å². The lowest BCUT2D eigenvalue weighted by atomic mass is 10.4. The van der Waals surface area contributed by atoms with Gasteiger partial charge < -0.3 is 10.6 Å². The average Bonchev–Trinajstić information content (AvgIpc) is 2.93. The van der Waals surface area contributed by atoms with Gasteiger partial charge in [0, 0.05) is 18.8 Å². The molecule has 1 amide bonds. The zero-order valence-corrected chi connectivity index (χ0v) is 8.89. The van der Waals surface area contributed by atoms with Gasteiger partial charge in [-0.2, -0.15) is 5.10 Å². The standard InChI is InChI=1S/C10H16N4O/c1-2-14(9-3-4-9)10(15)7-13-6-8(11)5-12-13/h5-6,9H,2-4,7,11H2,1H3. The Hall–Kier alpha value is -1.52. The van der Waals surface area contributed by atoms with Crippen molar-refractivity contribution in [3.05, 3.63) is 12.4 Å². The van der Waals surface area contributed by atoms with Gasteiger partial charge in [-0.15, -0.1) is 0 Å². The number of amides is 1. The first-order chi connectivity index (χ1) is 7.20. The van der Waals surface area contributed by atoms with Crippen LogP contribution < -0.4 is 5.73 Å². The molecule has 0 unspecified atom stereocenters. The molecule has 1 saturated carbocycles. The molecule has 1 aromatic rings. The molecular formula is C10H16N4O. The molecule has 1 fully saturated rings. The van der Waals surface area contributed by atoms with Gasteiger partial charge >= 0.3 is 0 Å². The predicted molar refractivity (Wildman–Crippen MR) is 57.0 cm³/mol. The zero-order valence-electron chi connectivity index (χ0n) is 8.89. The van der Waals surface area contributed by atoms with Crippen LogP contribution in [0.4, 0.5) is 5.69 Å². The number of nitrogens with zero attached hydrogens (tertiary/aromatic N) is 3. The Bertz CT molecular complexity index is 356. The van der Waals surface area contributed by atoms with E-state index in [1.165, 1.54) is 0 Å². The third-order valence-electron chi connectivity index (χ3n) is 2.60. The highest BCUT2D eigenvalue weighted by molar-refractivity contribution is 5.76. The molecule has 15 heavy (non-hydrogen) atoms. The topological polar surface area (TPSA) is 64.2 Å². The van der Waals surface area contributed by atoms with Crippen molar-refractivity contribution in [2.75, 3.05) is 12.3 Å². The van der Waals surface area contributed by atoms with E-state index < -0.39 is 0 Å². The fraction of sp³-hybridized carbons (Fsp3) is 0.600. The lowest BCUT2D eigenvalue weighted by Crippen LogP contribution is -2.35. The van der Waals surface area contributed by atoms with Gasteiger partial charge in [-0.25, -0.2) is 0 Å². The Morgan fingerprint density at radius 1 is 1.73 bits per heavy atom. The number of rotatable bonds is 4. The molecule has 0 aliphatic heterocycles. The first kappa shape index (κ1) is 10.0. The molecule has 1 heterocycles. The van der Waals surface area contributed by atoms with Gasteiger partial charge in [-0.3, -0.25) is 9.48 Å². The van der Waals surface area contributed by atoms with E-state index in [1.807, 2.05) is 11.8 Å². The third-order valence-corrected chi connectivity index (χ3v) is 2.60. The molecule has 82 valence electrons. The highest BCUT2D eigenvalue weighted by atomic mass is 16.2. The molecule has 0 aromatic carbocycles. The number of anilines is 1. The fourth-order valence-electron chi connectivity index (χ4n) is 1.72. The highest BCUT2D eigenvalue weighted by Gasteiger charge is 2.31. The SMILES string of the molecule is CCN(C(=O)Cn1cc(N)cn1)C1CC1. The minimum atomic E-state index is 0.128. The van der Waals surface area contributed by atoms with Gasteiger partial charge in [0.15, 0.2) is 0 Å². The fourth-order valence-corrected chi connectivity index (χ4v) is 1.72. The van der Waals surface area contributed by atoms with Crippen LogP contribution in [0.1, 0.15) is 19.8 Å². The van der Waals surface area contributed by atoms with Crippen LogP contribution in [-0.2, 0) is 11.3 Å². The van der Waals surface area contributed by atoms with Gasteiger partial charge in [-0.05, 0) is 19.8 Å². The molecule has 5 heteroatoms. The zero-order chi connectivity index (χ0) is 10.8. The molecule has 1 aromatic heterocycles. The van der Waals surface area contributed by atoms with E-state index in [4.69, 9.17) is 5.73 Å². The minimum absolute atomic E-state index is 0.128. The summed E-state index contributed by atoms with van der Waals surface area (Å²) in [7, 11) is 0. The lowest BCUT2D eigenvalue weighted by Gasteiger charge is -2.20. The summed E-state index contributed by atoms with van der Waals surface area (Å²) in [4.78, 5) is 13.8. The molecule has 2 N–H and O–H groups in total. The molecule has 5 nitrogen and oxygen atoms in total. The number of carbonyl (C=O) groups is 1. The molecular weight excluding hydrogens is 192 g/mol. The Morgan fingerprint density at radius 2 is 2.47 bits per heavy atom. The first-order valence-electron chi connectivity index (χ1n) is 5.28. The molecule has 1 aliphatic rings. The number of carbonyl (C=O) groups excluding carboxylic acids is 1. The second-order valence-corrected chi connectivity index (χ2v) is 3.88. The third kappa shape index (κ3) is 2.29. The summed E-state index contributed by atoms with van der Waals surface area (Å²) in [6.07, 6.45) is 5.51. The lowest BCUT2D eigenvalue weighted by molar-refractivity contribution is -0.132. The molecule has 1 aliphatic carbocycles. The Balaban J connectivity index is 1.95. The Labute approximate surface area is 88.8 Å². The van der Waals surface area contributed by atoms with Crippen LogP contribution in [0.5, 0.6) is 0 Å². The van der Waals surface area contributed by atoms with Crippen LogP contribution >= 0.6 is 0 Å².